The minimum absolute atomic E-state index is 0.159. The van der Waals surface area contributed by atoms with Crippen molar-refractivity contribution >= 4 is 34.0 Å². The maximum Gasteiger partial charge on any atom is 0.254 e. The van der Waals surface area contributed by atoms with Crippen LogP contribution < -0.4 is 4.74 Å². The lowest BCUT2D eigenvalue weighted by Gasteiger charge is -2.37. The Kier molecular flexibility index (Phi) is 3.79. The highest BCUT2D eigenvalue weighted by Crippen LogP contribution is 2.49. The van der Waals surface area contributed by atoms with Crippen LogP contribution in [0, 0.1) is 23.7 Å². The zero-order valence-electron chi connectivity index (χ0n) is 13.2. The summed E-state index contributed by atoms with van der Waals surface area (Å²) >= 11 is 3.42. The Hall–Kier alpha value is -1.95. The number of allylic oxidation sites excluding steroid dienone is 2. The Balaban J connectivity index is 1.58. The van der Waals surface area contributed by atoms with E-state index in [9.17, 15) is 9.59 Å². The number of amides is 2. The lowest BCUT2D eigenvalue weighted by molar-refractivity contribution is -0.140. The van der Waals surface area contributed by atoms with E-state index in [2.05, 4.69) is 33.2 Å². The van der Waals surface area contributed by atoms with Crippen LogP contribution in [0.15, 0.2) is 39.9 Å². The molecule has 1 aromatic rings. The SMILES string of the molecule is COc1ccc(/C=N\N2C(=O)[C@@H]3[C@H](C2=O)[C@H]2C=C[C@H]3CC2)cc1Br. The van der Waals surface area contributed by atoms with E-state index in [1.54, 1.807) is 13.3 Å². The molecule has 124 valence electrons. The van der Waals surface area contributed by atoms with Crippen LogP contribution in [0.25, 0.3) is 0 Å². The summed E-state index contributed by atoms with van der Waals surface area (Å²) in [7, 11) is 1.60. The van der Waals surface area contributed by atoms with Crippen LogP contribution in [0.5, 0.6) is 5.75 Å². The van der Waals surface area contributed by atoms with Crippen molar-refractivity contribution in [2.45, 2.75) is 12.8 Å². The fraction of sp³-hybridized carbons (Fsp3) is 0.389. The van der Waals surface area contributed by atoms with Crippen LogP contribution in [0.4, 0.5) is 0 Å². The van der Waals surface area contributed by atoms with Crippen LogP contribution in [-0.4, -0.2) is 30.1 Å². The summed E-state index contributed by atoms with van der Waals surface area (Å²) in [5.74, 6) is 0.329. The lowest BCUT2D eigenvalue weighted by Crippen LogP contribution is -2.38. The number of ether oxygens (including phenoxy) is 1. The molecule has 1 saturated heterocycles. The highest BCUT2D eigenvalue weighted by Gasteiger charge is 2.56. The third-order valence-corrected chi connectivity index (χ3v) is 5.85. The first-order valence-corrected chi connectivity index (χ1v) is 8.83. The molecule has 2 bridgehead atoms. The van der Waals surface area contributed by atoms with E-state index < -0.39 is 0 Å². The molecular formula is C18H17BrN2O3. The van der Waals surface area contributed by atoms with Gasteiger partial charge in [-0.25, -0.2) is 0 Å². The summed E-state index contributed by atoms with van der Waals surface area (Å²) in [6.07, 6.45) is 7.74. The summed E-state index contributed by atoms with van der Waals surface area (Å²) in [5.41, 5.74) is 0.791. The van der Waals surface area contributed by atoms with Gasteiger partial charge in [0, 0.05) is 0 Å². The smallest absolute Gasteiger partial charge is 0.254 e. The number of carbonyl (C=O) groups is 2. The Morgan fingerprint density at radius 2 is 1.79 bits per heavy atom. The van der Waals surface area contributed by atoms with E-state index in [0.717, 1.165) is 27.9 Å². The number of nitrogens with zero attached hydrogens (tertiary/aromatic N) is 2. The minimum atomic E-state index is -0.221. The molecule has 4 aliphatic rings. The summed E-state index contributed by atoms with van der Waals surface area (Å²) < 4.78 is 5.99. The van der Waals surface area contributed by atoms with Crippen LogP contribution >= 0.6 is 15.9 Å². The standard InChI is InChI=1S/C18H17BrN2O3/c1-24-14-7-2-10(8-13(14)19)9-20-21-17(22)15-11-3-4-12(6-5-11)16(15)18(21)23/h2-4,7-9,11-12,15-16H,5-6H2,1H3/b20-9-/t11-,12-,15-,16+/m0/s1. The lowest BCUT2D eigenvalue weighted by atomic mass is 9.63. The second-order valence-electron chi connectivity index (χ2n) is 6.47. The Bertz CT molecular complexity index is 742. The second kappa shape index (κ2) is 5.84. The van der Waals surface area contributed by atoms with E-state index >= 15 is 0 Å². The van der Waals surface area contributed by atoms with Crippen molar-refractivity contribution in [2.24, 2.45) is 28.8 Å². The summed E-state index contributed by atoms with van der Waals surface area (Å²) in [6.45, 7) is 0. The predicted octanol–water partition coefficient (Wildman–Crippen LogP) is 2.99. The average Bonchev–Trinajstić information content (AvgIpc) is 2.87. The zero-order valence-corrected chi connectivity index (χ0v) is 14.8. The highest BCUT2D eigenvalue weighted by atomic mass is 79.9. The molecule has 5 rings (SSSR count). The number of hydrogen-bond donors (Lipinski definition) is 0. The number of fused-ring (bicyclic) bond motifs is 1. The van der Waals surface area contributed by atoms with Crippen molar-refractivity contribution in [3.8, 4) is 5.75 Å². The molecule has 6 heteroatoms. The maximum absolute atomic E-state index is 12.7. The van der Waals surface area contributed by atoms with E-state index in [4.69, 9.17) is 4.74 Å². The molecule has 0 N–H and O–H groups in total. The number of methoxy groups -OCH3 is 1. The highest BCUT2D eigenvalue weighted by molar-refractivity contribution is 9.10. The quantitative estimate of drug-likeness (QED) is 0.454. The molecule has 0 unspecified atom stereocenters. The number of hydrogen-bond acceptors (Lipinski definition) is 4. The van der Waals surface area contributed by atoms with Gasteiger partial charge in [0.1, 0.15) is 5.75 Å². The van der Waals surface area contributed by atoms with Crippen LogP contribution in [0.3, 0.4) is 0 Å². The van der Waals surface area contributed by atoms with Gasteiger partial charge in [-0.1, -0.05) is 12.2 Å². The van der Waals surface area contributed by atoms with Gasteiger partial charge >= 0.3 is 0 Å². The van der Waals surface area contributed by atoms with Crippen LogP contribution in [0.2, 0.25) is 0 Å². The largest absolute Gasteiger partial charge is 0.496 e. The topological polar surface area (TPSA) is 59.0 Å². The third-order valence-electron chi connectivity index (χ3n) is 5.23. The number of imide groups is 1. The molecule has 5 nitrogen and oxygen atoms in total. The first-order chi connectivity index (χ1) is 11.6. The van der Waals surface area contributed by atoms with Crippen molar-refractivity contribution in [3.05, 3.63) is 40.4 Å². The van der Waals surface area contributed by atoms with Crippen molar-refractivity contribution in [1.82, 2.24) is 5.01 Å². The molecule has 1 heterocycles. The molecule has 1 saturated carbocycles. The predicted molar refractivity (Wildman–Crippen MR) is 92.5 cm³/mol. The fourth-order valence-corrected chi connectivity index (χ4v) is 4.62. The van der Waals surface area contributed by atoms with Gasteiger partial charge in [-0.05, 0) is 64.4 Å². The molecule has 24 heavy (non-hydrogen) atoms. The van der Waals surface area contributed by atoms with Crippen molar-refractivity contribution < 1.29 is 14.3 Å². The monoisotopic (exact) mass is 388 g/mol. The molecule has 1 aliphatic heterocycles. The Morgan fingerprint density at radius 3 is 2.29 bits per heavy atom. The number of carbonyl (C=O) groups excluding carboxylic acids is 2. The van der Waals surface area contributed by atoms with Crippen LogP contribution in [0.1, 0.15) is 18.4 Å². The van der Waals surface area contributed by atoms with Gasteiger partial charge in [-0.3, -0.25) is 9.59 Å². The van der Waals surface area contributed by atoms with Gasteiger partial charge in [0.25, 0.3) is 11.8 Å². The van der Waals surface area contributed by atoms with E-state index in [0.29, 0.717) is 5.75 Å². The zero-order chi connectivity index (χ0) is 16.8. The second-order valence-corrected chi connectivity index (χ2v) is 7.32. The molecular weight excluding hydrogens is 372 g/mol. The summed E-state index contributed by atoms with van der Waals surface area (Å²) in [5, 5.41) is 5.27. The molecule has 0 radical (unpaired) electrons. The van der Waals surface area contributed by atoms with E-state index in [-0.39, 0.29) is 35.5 Å². The van der Waals surface area contributed by atoms with Gasteiger partial charge in [0.05, 0.1) is 29.6 Å². The number of hydrazone groups is 1. The van der Waals surface area contributed by atoms with Gasteiger partial charge in [0.2, 0.25) is 0 Å². The Morgan fingerprint density at radius 1 is 1.17 bits per heavy atom. The number of halogens is 1. The third kappa shape index (κ3) is 2.32. The summed E-state index contributed by atoms with van der Waals surface area (Å²) in [6, 6.07) is 5.48. The van der Waals surface area contributed by atoms with E-state index in [1.807, 2.05) is 18.2 Å². The number of rotatable bonds is 3. The molecule has 2 amide bonds. The van der Waals surface area contributed by atoms with Gasteiger partial charge in [-0.2, -0.15) is 10.1 Å². The molecule has 1 aromatic carbocycles. The van der Waals surface area contributed by atoms with Crippen molar-refractivity contribution in [3.63, 3.8) is 0 Å². The van der Waals surface area contributed by atoms with Gasteiger partial charge in [-0.15, -0.1) is 0 Å². The first-order valence-electron chi connectivity index (χ1n) is 8.04. The average molecular weight is 389 g/mol. The number of benzene rings is 1. The van der Waals surface area contributed by atoms with Crippen molar-refractivity contribution in [1.29, 1.82) is 0 Å². The van der Waals surface area contributed by atoms with E-state index in [1.165, 1.54) is 0 Å². The molecule has 4 atom stereocenters. The Labute approximate surface area is 148 Å². The minimum Gasteiger partial charge on any atom is -0.496 e. The molecule has 0 spiro atoms. The molecule has 2 fully saturated rings. The van der Waals surface area contributed by atoms with Gasteiger partial charge in [0.15, 0.2) is 0 Å². The maximum atomic E-state index is 12.7. The van der Waals surface area contributed by atoms with Crippen LogP contribution in [-0.2, 0) is 9.59 Å². The van der Waals surface area contributed by atoms with Gasteiger partial charge < -0.3 is 4.74 Å². The summed E-state index contributed by atoms with van der Waals surface area (Å²) in [4.78, 5) is 25.3. The fourth-order valence-electron chi connectivity index (χ4n) is 4.06. The first kappa shape index (κ1) is 15.6. The molecule has 0 aromatic heterocycles. The normalized spacial score (nSPS) is 31.2. The molecule has 3 aliphatic carbocycles. The van der Waals surface area contributed by atoms with Crippen molar-refractivity contribution in [2.75, 3.05) is 7.11 Å².